The van der Waals surface area contributed by atoms with Gasteiger partial charge in [-0.1, -0.05) is 22.6 Å². The van der Waals surface area contributed by atoms with Gasteiger partial charge in [0, 0.05) is 26.6 Å². The highest BCUT2D eigenvalue weighted by molar-refractivity contribution is 5.92. The van der Waals surface area contributed by atoms with E-state index in [1.54, 1.807) is 24.3 Å². The van der Waals surface area contributed by atoms with Gasteiger partial charge in [-0.25, -0.2) is 13.9 Å². The van der Waals surface area contributed by atoms with Crippen molar-refractivity contribution in [3.05, 3.63) is 59.2 Å². The van der Waals surface area contributed by atoms with Gasteiger partial charge in [-0.05, 0) is 17.7 Å². The van der Waals surface area contributed by atoms with Crippen LogP contribution in [0.15, 0.2) is 36.7 Å². The molecule has 1 atom stereocenters. The molecule has 2 N–H and O–H groups in total. The Bertz CT molecular complexity index is 1130. The number of carbonyl (C=O) groups excluding carboxylic acids is 3. The van der Waals surface area contributed by atoms with E-state index >= 15 is 0 Å². The molecule has 0 saturated carbocycles. The first kappa shape index (κ1) is 23.5. The normalized spacial score (nSPS) is 11.6. The molecular formula is C20H23FN8O4. The summed E-state index contributed by atoms with van der Waals surface area (Å²) in [5.41, 5.74) is 1.27. The molecule has 0 saturated heterocycles. The van der Waals surface area contributed by atoms with Crippen LogP contribution in [0, 0.1) is 0 Å². The Hall–Kier alpha value is -4.16. The lowest BCUT2D eigenvalue weighted by atomic mass is 10.1. The van der Waals surface area contributed by atoms with Crippen molar-refractivity contribution < 1.29 is 23.5 Å². The number of esters is 1. The fourth-order valence-electron chi connectivity index (χ4n) is 2.90. The third kappa shape index (κ3) is 6.41. The van der Waals surface area contributed by atoms with Crippen LogP contribution in [-0.4, -0.2) is 68.1 Å². The third-order valence-corrected chi connectivity index (χ3v) is 4.63. The average molecular weight is 458 g/mol. The van der Waals surface area contributed by atoms with Crippen molar-refractivity contribution in [3.63, 3.8) is 0 Å². The predicted octanol–water partition coefficient (Wildman–Crippen LogP) is 0.374. The van der Waals surface area contributed by atoms with E-state index in [0.29, 0.717) is 11.1 Å². The first-order valence-electron chi connectivity index (χ1n) is 10.0. The quantitative estimate of drug-likeness (QED) is 0.415. The number of nitrogens with zero attached hydrogens (tertiary/aromatic N) is 6. The van der Waals surface area contributed by atoms with Crippen LogP contribution in [-0.2, 0) is 24.4 Å². The van der Waals surface area contributed by atoms with Gasteiger partial charge in [0.25, 0.3) is 11.8 Å². The summed E-state index contributed by atoms with van der Waals surface area (Å²) in [5.74, 6) is -1.32. The van der Waals surface area contributed by atoms with Gasteiger partial charge in [0.15, 0.2) is 11.4 Å². The maximum Gasteiger partial charge on any atom is 0.337 e. The van der Waals surface area contributed by atoms with Crippen molar-refractivity contribution in [1.82, 2.24) is 40.6 Å². The molecule has 0 aliphatic rings. The van der Waals surface area contributed by atoms with Gasteiger partial charge in [-0.2, -0.15) is 0 Å². The van der Waals surface area contributed by atoms with Gasteiger partial charge < -0.3 is 15.4 Å². The molecule has 0 aliphatic heterocycles. The maximum atomic E-state index is 14.4. The van der Waals surface area contributed by atoms with E-state index in [-0.39, 0.29) is 43.4 Å². The van der Waals surface area contributed by atoms with Gasteiger partial charge in [-0.15, -0.1) is 10.2 Å². The second kappa shape index (κ2) is 10.9. The molecule has 174 valence electrons. The number of methoxy groups -OCH3 is 1. The van der Waals surface area contributed by atoms with Crippen LogP contribution < -0.4 is 10.6 Å². The number of alkyl halides is 1. The van der Waals surface area contributed by atoms with Crippen molar-refractivity contribution >= 4 is 17.8 Å². The van der Waals surface area contributed by atoms with Crippen LogP contribution >= 0.6 is 0 Å². The molecule has 1 aromatic carbocycles. The summed E-state index contributed by atoms with van der Waals surface area (Å²) in [4.78, 5) is 35.4. The molecular weight excluding hydrogens is 435 g/mol. The lowest BCUT2D eigenvalue weighted by molar-refractivity contribution is 0.0600. The van der Waals surface area contributed by atoms with Gasteiger partial charge in [0.05, 0.1) is 31.6 Å². The smallest absolute Gasteiger partial charge is 0.337 e. The van der Waals surface area contributed by atoms with E-state index in [0.717, 1.165) is 0 Å². The second-order valence-corrected chi connectivity index (χ2v) is 7.03. The fraction of sp³-hybridized carbons (Fsp3) is 0.350. The lowest BCUT2D eigenvalue weighted by Crippen LogP contribution is -2.23. The van der Waals surface area contributed by atoms with Crippen molar-refractivity contribution in [2.75, 3.05) is 14.2 Å². The Morgan fingerprint density at radius 2 is 1.79 bits per heavy atom. The Kier molecular flexibility index (Phi) is 7.78. The summed E-state index contributed by atoms with van der Waals surface area (Å²) in [6.45, 7) is 0.286. The van der Waals surface area contributed by atoms with E-state index in [1.165, 1.54) is 35.9 Å². The molecule has 0 radical (unpaired) electrons. The summed E-state index contributed by atoms with van der Waals surface area (Å²) in [6, 6.07) is 6.66. The average Bonchev–Trinajstić information content (AvgIpc) is 3.50. The van der Waals surface area contributed by atoms with Crippen LogP contribution in [0.1, 0.15) is 43.3 Å². The lowest BCUT2D eigenvalue weighted by Gasteiger charge is -2.07. The Morgan fingerprint density at radius 1 is 1.09 bits per heavy atom. The molecule has 2 heterocycles. The van der Waals surface area contributed by atoms with E-state index in [1.807, 2.05) is 0 Å². The molecule has 0 fully saturated rings. The number of aromatic nitrogens is 6. The van der Waals surface area contributed by atoms with Crippen molar-refractivity contribution in [3.8, 4) is 0 Å². The number of nitrogens with one attached hydrogen (secondary N) is 2. The Morgan fingerprint density at radius 3 is 2.52 bits per heavy atom. The number of carbonyl (C=O) groups is 3. The van der Waals surface area contributed by atoms with Crippen LogP contribution in [0.4, 0.5) is 4.39 Å². The summed E-state index contributed by atoms with van der Waals surface area (Å²) in [6.07, 6.45) is 1.61. The molecule has 12 nitrogen and oxygen atoms in total. The van der Waals surface area contributed by atoms with Crippen LogP contribution in [0.3, 0.4) is 0 Å². The number of hydrogen-bond donors (Lipinski definition) is 2. The van der Waals surface area contributed by atoms with Crippen molar-refractivity contribution in [1.29, 1.82) is 0 Å². The molecule has 3 aromatic rings. The van der Waals surface area contributed by atoms with Crippen molar-refractivity contribution in [2.45, 2.75) is 32.2 Å². The number of halogens is 1. The Balaban J connectivity index is 1.47. The highest BCUT2D eigenvalue weighted by Gasteiger charge is 2.15. The molecule has 2 amide bonds. The number of amides is 2. The topological polar surface area (TPSA) is 146 Å². The molecule has 2 aromatic heterocycles. The van der Waals surface area contributed by atoms with E-state index in [2.05, 4.69) is 36.0 Å². The molecule has 3 rings (SSSR count). The highest BCUT2D eigenvalue weighted by Crippen LogP contribution is 2.08. The van der Waals surface area contributed by atoms with E-state index in [4.69, 9.17) is 0 Å². The van der Waals surface area contributed by atoms with Crippen molar-refractivity contribution in [2.24, 2.45) is 0 Å². The summed E-state index contributed by atoms with van der Waals surface area (Å²) >= 11 is 0. The summed E-state index contributed by atoms with van der Waals surface area (Å²) < 4.78 is 21.7. The van der Waals surface area contributed by atoms with Crippen LogP contribution in [0.25, 0.3) is 0 Å². The minimum atomic E-state index is -1.28. The molecule has 1 unspecified atom stereocenters. The molecule has 0 aliphatic carbocycles. The van der Waals surface area contributed by atoms with Gasteiger partial charge in [0.1, 0.15) is 6.17 Å². The van der Waals surface area contributed by atoms with E-state index < -0.39 is 18.0 Å². The zero-order valence-electron chi connectivity index (χ0n) is 18.1. The first-order chi connectivity index (χ1) is 15.9. The van der Waals surface area contributed by atoms with E-state index in [9.17, 15) is 18.8 Å². The minimum Gasteiger partial charge on any atom is -0.465 e. The first-order valence-corrected chi connectivity index (χ1v) is 10.0. The zero-order chi connectivity index (χ0) is 23.8. The zero-order valence-corrected chi connectivity index (χ0v) is 18.1. The Labute approximate surface area is 188 Å². The fourth-order valence-corrected chi connectivity index (χ4v) is 2.90. The highest BCUT2D eigenvalue weighted by atomic mass is 19.1. The molecule has 0 bridgehead atoms. The standard InChI is InChI=1S/C20H23FN8O4/c1-22-18(30)16-11-28(26-24-16)7-6-15(21)10-29-12-17(25-27-29)19(31)23-9-13-4-3-5-14(8-13)20(32)33-2/h3-5,8,11-12,15H,6-7,9-10H2,1-2H3,(H,22,30)(H,23,31). The number of ether oxygens (including phenoxy) is 1. The molecule has 13 heteroatoms. The molecule has 33 heavy (non-hydrogen) atoms. The summed E-state index contributed by atoms with van der Waals surface area (Å²) in [5, 5.41) is 20.2. The molecule has 0 spiro atoms. The monoisotopic (exact) mass is 458 g/mol. The maximum absolute atomic E-state index is 14.4. The van der Waals surface area contributed by atoms with Gasteiger partial charge in [-0.3, -0.25) is 14.3 Å². The van der Waals surface area contributed by atoms with Crippen LogP contribution in [0.2, 0.25) is 0 Å². The van der Waals surface area contributed by atoms with Gasteiger partial charge in [0.2, 0.25) is 0 Å². The second-order valence-electron chi connectivity index (χ2n) is 7.03. The number of benzene rings is 1. The third-order valence-electron chi connectivity index (χ3n) is 4.63. The SMILES string of the molecule is CNC(=O)c1cn(CCC(F)Cn2cc(C(=O)NCc3cccc(C(=O)OC)c3)nn2)nn1. The van der Waals surface area contributed by atoms with Gasteiger partial charge >= 0.3 is 5.97 Å². The summed E-state index contributed by atoms with van der Waals surface area (Å²) in [7, 11) is 2.77. The minimum absolute atomic E-state index is 0.0396. The number of hydrogen-bond acceptors (Lipinski definition) is 8. The van der Waals surface area contributed by atoms with Crippen LogP contribution in [0.5, 0.6) is 0 Å². The number of rotatable bonds is 10. The number of aryl methyl sites for hydroxylation is 1. The predicted molar refractivity (Wildman–Crippen MR) is 112 cm³/mol. The largest absolute Gasteiger partial charge is 0.465 e.